The number of piperazine rings is 1. The minimum Gasteiger partial charge on any atom is -0.497 e. The Hall–Kier alpha value is -2.41. The van der Waals surface area contributed by atoms with Crippen molar-refractivity contribution in [1.82, 2.24) is 20.4 Å². The van der Waals surface area contributed by atoms with E-state index in [0.717, 1.165) is 44.0 Å². The molecule has 0 aromatic heterocycles. The zero-order valence-electron chi connectivity index (χ0n) is 16.3. The highest BCUT2D eigenvalue weighted by Crippen LogP contribution is 2.23. The summed E-state index contributed by atoms with van der Waals surface area (Å²) >= 11 is 0. The standard InChI is InChI=1S/C22H28N4O2/c1-28-19-9-7-18(8-10-19)20-15-21(27)24-22(23-20)26-13-11-25(12-14-26)16-17-5-3-2-4-6-17/h2-10,20,22-23H,11-16H2,1H3,(H,24,27). The highest BCUT2D eigenvalue weighted by molar-refractivity contribution is 5.78. The second-order valence-electron chi connectivity index (χ2n) is 7.46. The Morgan fingerprint density at radius 3 is 2.39 bits per heavy atom. The number of nitrogens with zero attached hydrogens (tertiary/aromatic N) is 2. The molecule has 0 aliphatic carbocycles. The fraction of sp³-hybridized carbons (Fsp3) is 0.409. The van der Waals surface area contributed by atoms with Crippen LogP contribution in [0.2, 0.25) is 0 Å². The number of ether oxygens (including phenoxy) is 1. The summed E-state index contributed by atoms with van der Waals surface area (Å²) < 4.78 is 5.23. The van der Waals surface area contributed by atoms with Gasteiger partial charge in [-0.15, -0.1) is 0 Å². The molecule has 2 aromatic rings. The lowest BCUT2D eigenvalue weighted by Crippen LogP contribution is -2.64. The van der Waals surface area contributed by atoms with Crippen LogP contribution in [0.3, 0.4) is 0 Å². The van der Waals surface area contributed by atoms with Crippen molar-refractivity contribution in [2.24, 2.45) is 0 Å². The Morgan fingerprint density at radius 1 is 1.00 bits per heavy atom. The first kappa shape index (κ1) is 18.9. The number of hydrogen-bond donors (Lipinski definition) is 2. The summed E-state index contributed by atoms with van der Waals surface area (Å²) in [5, 5.41) is 6.71. The zero-order chi connectivity index (χ0) is 19.3. The summed E-state index contributed by atoms with van der Waals surface area (Å²) in [6.07, 6.45) is 0.337. The molecule has 6 nitrogen and oxygen atoms in total. The van der Waals surface area contributed by atoms with Crippen molar-refractivity contribution in [1.29, 1.82) is 0 Å². The van der Waals surface area contributed by atoms with Gasteiger partial charge in [0.1, 0.15) is 12.0 Å². The Bertz CT molecular complexity index is 773. The number of hydrogen-bond acceptors (Lipinski definition) is 5. The smallest absolute Gasteiger partial charge is 0.224 e. The molecule has 0 bridgehead atoms. The molecule has 6 heteroatoms. The van der Waals surface area contributed by atoms with Crippen LogP contribution in [0.25, 0.3) is 0 Å². The highest BCUT2D eigenvalue weighted by atomic mass is 16.5. The largest absolute Gasteiger partial charge is 0.497 e. The molecule has 0 saturated carbocycles. The molecule has 2 heterocycles. The van der Waals surface area contributed by atoms with Crippen LogP contribution >= 0.6 is 0 Å². The van der Waals surface area contributed by atoms with Crippen LogP contribution in [0.5, 0.6) is 5.75 Å². The molecular formula is C22H28N4O2. The third-order valence-electron chi connectivity index (χ3n) is 5.59. The first-order valence-corrected chi connectivity index (χ1v) is 9.91. The summed E-state index contributed by atoms with van der Waals surface area (Å²) in [6.45, 7) is 4.83. The first-order valence-electron chi connectivity index (χ1n) is 9.91. The highest BCUT2D eigenvalue weighted by Gasteiger charge is 2.32. The lowest BCUT2D eigenvalue weighted by molar-refractivity contribution is -0.127. The number of benzene rings is 2. The summed E-state index contributed by atoms with van der Waals surface area (Å²) in [4.78, 5) is 17.1. The Balaban J connectivity index is 1.34. The monoisotopic (exact) mass is 380 g/mol. The van der Waals surface area contributed by atoms with E-state index in [1.165, 1.54) is 5.56 Å². The molecule has 2 atom stereocenters. The van der Waals surface area contributed by atoms with Crippen LogP contribution in [0, 0.1) is 0 Å². The van der Waals surface area contributed by atoms with E-state index in [-0.39, 0.29) is 18.2 Å². The van der Waals surface area contributed by atoms with Crippen molar-refractivity contribution in [2.75, 3.05) is 33.3 Å². The molecule has 4 rings (SSSR count). The molecule has 28 heavy (non-hydrogen) atoms. The van der Waals surface area contributed by atoms with Gasteiger partial charge in [-0.25, -0.2) is 0 Å². The van der Waals surface area contributed by atoms with E-state index in [1.807, 2.05) is 24.3 Å². The predicted molar refractivity (Wildman–Crippen MR) is 109 cm³/mol. The van der Waals surface area contributed by atoms with Gasteiger partial charge in [0.15, 0.2) is 0 Å². The number of carbonyl (C=O) groups is 1. The van der Waals surface area contributed by atoms with Crippen LogP contribution in [0.15, 0.2) is 54.6 Å². The Morgan fingerprint density at radius 2 is 1.71 bits per heavy atom. The van der Waals surface area contributed by atoms with Gasteiger partial charge in [0.05, 0.1) is 7.11 Å². The molecule has 2 saturated heterocycles. The fourth-order valence-electron chi connectivity index (χ4n) is 3.96. The molecule has 0 radical (unpaired) electrons. The van der Waals surface area contributed by atoms with E-state index in [2.05, 4.69) is 50.8 Å². The SMILES string of the molecule is COc1ccc(C2CC(=O)NC(N3CCN(Cc4ccccc4)CC3)N2)cc1. The minimum absolute atomic E-state index is 0.0204. The van der Waals surface area contributed by atoms with E-state index < -0.39 is 0 Å². The lowest BCUT2D eigenvalue weighted by Gasteiger charge is -2.43. The van der Waals surface area contributed by atoms with Gasteiger partial charge in [0.25, 0.3) is 0 Å². The quantitative estimate of drug-likeness (QED) is 0.830. The molecule has 2 aromatic carbocycles. The van der Waals surface area contributed by atoms with Crippen molar-refractivity contribution in [3.63, 3.8) is 0 Å². The van der Waals surface area contributed by atoms with E-state index in [4.69, 9.17) is 4.74 Å². The van der Waals surface area contributed by atoms with E-state index in [1.54, 1.807) is 7.11 Å². The van der Waals surface area contributed by atoms with Crippen molar-refractivity contribution >= 4 is 5.91 Å². The van der Waals surface area contributed by atoms with Gasteiger partial charge in [0.2, 0.25) is 5.91 Å². The molecular weight excluding hydrogens is 352 g/mol. The molecule has 2 aliphatic rings. The van der Waals surface area contributed by atoms with Crippen molar-refractivity contribution < 1.29 is 9.53 Å². The molecule has 148 valence electrons. The predicted octanol–water partition coefficient (Wildman–Crippen LogP) is 1.95. The summed E-state index contributed by atoms with van der Waals surface area (Å²) in [5.74, 6) is 0.923. The first-order chi connectivity index (χ1) is 13.7. The van der Waals surface area contributed by atoms with Gasteiger partial charge < -0.3 is 10.1 Å². The number of methoxy groups -OCH3 is 1. The molecule has 2 unspecified atom stereocenters. The normalized spacial score (nSPS) is 24.0. The fourth-order valence-corrected chi connectivity index (χ4v) is 3.96. The third-order valence-corrected chi connectivity index (χ3v) is 5.59. The zero-order valence-corrected chi connectivity index (χ0v) is 16.3. The average Bonchev–Trinajstić information content (AvgIpc) is 2.75. The number of nitrogens with one attached hydrogen (secondary N) is 2. The third kappa shape index (κ3) is 4.52. The average molecular weight is 380 g/mol. The lowest BCUT2D eigenvalue weighted by atomic mass is 10.0. The molecule has 2 N–H and O–H groups in total. The van der Waals surface area contributed by atoms with Gasteiger partial charge >= 0.3 is 0 Å². The van der Waals surface area contributed by atoms with E-state index >= 15 is 0 Å². The van der Waals surface area contributed by atoms with Crippen LogP contribution in [0.4, 0.5) is 0 Å². The van der Waals surface area contributed by atoms with E-state index in [9.17, 15) is 4.79 Å². The summed E-state index contributed by atoms with van der Waals surface area (Å²) in [6, 6.07) is 18.6. The maximum atomic E-state index is 12.3. The number of carbonyl (C=O) groups excluding carboxylic acids is 1. The van der Waals surface area contributed by atoms with Crippen LogP contribution in [-0.2, 0) is 11.3 Å². The van der Waals surface area contributed by atoms with Gasteiger partial charge in [-0.2, -0.15) is 0 Å². The van der Waals surface area contributed by atoms with Gasteiger partial charge in [-0.3, -0.25) is 19.9 Å². The summed E-state index contributed by atoms with van der Waals surface area (Å²) in [7, 11) is 1.66. The topological polar surface area (TPSA) is 56.8 Å². The van der Waals surface area contributed by atoms with Crippen molar-refractivity contribution in [3.05, 3.63) is 65.7 Å². The number of rotatable bonds is 5. The molecule has 2 aliphatic heterocycles. The number of amides is 1. The van der Waals surface area contributed by atoms with E-state index in [0.29, 0.717) is 6.42 Å². The second-order valence-corrected chi connectivity index (χ2v) is 7.46. The summed E-state index contributed by atoms with van der Waals surface area (Å²) in [5.41, 5.74) is 2.46. The molecule has 2 fully saturated rings. The molecule has 1 amide bonds. The van der Waals surface area contributed by atoms with Gasteiger partial charge in [-0.05, 0) is 23.3 Å². The Labute approximate surface area is 166 Å². The van der Waals surface area contributed by atoms with Crippen molar-refractivity contribution in [3.8, 4) is 5.75 Å². The maximum Gasteiger partial charge on any atom is 0.224 e. The van der Waals surface area contributed by atoms with Gasteiger partial charge in [0, 0.05) is 45.2 Å². The van der Waals surface area contributed by atoms with Gasteiger partial charge in [-0.1, -0.05) is 42.5 Å². The maximum absolute atomic E-state index is 12.3. The minimum atomic E-state index is -0.118. The second kappa shape index (κ2) is 8.73. The molecule has 0 spiro atoms. The van der Waals surface area contributed by atoms with Crippen LogP contribution < -0.4 is 15.4 Å². The van der Waals surface area contributed by atoms with Crippen molar-refractivity contribution in [2.45, 2.75) is 25.3 Å². The van der Waals surface area contributed by atoms with Crippen LogP contribution in [-0.4, -0.2) is 55.3 Å². The Kier molecular flexibility index (Phi) is 5.90. The van der Waals surface area contributed by atoms with Crippen LogP contribution in [0.1, 0.15) is 23.6 Å².